The maximum Gasteiger partial charge on any atom is 0.416 e. The van der Waals surface area contributed by atoms with Crippen LogP contribution in [-0.2, 0) is 17.5 Å². The molecule has 7 heteroatoms. The molecule has 0 bridgehead atoms. The second-order valence-electron chi connectivity index (χ2n) is 6.93. The number of rotatable bonds is 6. The highest BCUT2D eigenvalue weighted by Gasteiger charge is 2.30. The maximum absolute atomic E-state index is 12.8. The van der Waals surface area contributed by atoms with E-state index in [1.54, 1.807) is 19.3 Å². The molecule has 0 unspecified atom stereocenters. The molecule has 0 spiro atoms. The number of ether oxygens (including phenoxy) is 1. The zero-order valence-electron chi connectivity index (χ0n) is 17.2. The standard InChI is InChI=1S/C22H25F3N2O2/c1-6-27(5)13-26-20-14(2)10-19(15(3)16(20)4)21(28)29-12-17-8-7-9-18(11-17)22(23,24)25/h7-11,13H,6,12H2,1-5H3. The molecule has 0 aliphatic rings. The molecule has 0 fully saturated rings. The zero-order chi connectivity index (χ0) is 21.8. The zero-order valence-corrected chi connectivity index (χ0v) is 17.2. The van der Waals surface area contributed by atoms with Crippen molar-refractivity contribution in [3.05, 3.63) is 63.7 Å². The fraction of sp³-hybridized carbons (Fsp3) is 0.364. The van der Waals surface area contributed by atoms with Gasteiger partial charge in [-0.25, -0.2) is 9.79 Å². The maximum atomic E-state index is 12.8. The van der Waals surface area contributed by atoms with Crippen molar-refractivity contribution in [2.24, 2.45) is 4.99 Å². The van der Waals surface area contributed by atoms with E-state index in [1.165, 1.54) is 12.1 Å². The fourth-order valence-electron chi connectivity index (χ4n) is 2.78. The molecule has 156 valence electrons. The molecule has 0 aliphatic heterocycles. The number of hydrogen-bond donors (Lipinski definition) is 0. The lowest BCUT2D eigenvalue weighted by atomic mass is 9.97. The van der Waals surface area contributed by atoms with E-state index in [1.807, 2.05) is 32.7 Å². The largest absolute Gasteiger partial charge is 0.457 e. The molecular weight excluding hydrogens is 381 g/mol. The Kier molecular flexibility index (Phi) is 7.06. The van der Waals surface area contributed by atoms with Crippen LogP contribution in [0.2, 0.25) is 0 Å². The molecule has 0 aromatic heterocycles. The van der Waals surface area contributed by atoms with Gasteiger partial charge in [0.05, 0.1) is 23.2 Å². The summed E-state index contributed by atoms with van der Waals surface area (Å²) in [5.41, 5.74) is 3.09. The summed E-state index contributed by atoms with van der Waals surface area (Å²) in [5, 5.41) is 0. The van der Waals surface area contributed by atoms with Gasteiger partial charge in [-0.15, -0.1) is 0 Å². The highest BCUT2D eigenvalue weighted by atomic mass is 19.4. The van der Waals surface area contributed by atoms with E-state index in [4.69, 9.17) is 4.74 Å². The molecular formula is C22H25F3N2O2. The Morgan fingerprint density at radius 1 is 1.17 bits per heavy atom. The van der Waals surface area contributed by atoms with Gasteiger partial charge < -0.3 is 9.64 Å². The number of alkyl halides is 3. The number of aryl methyl sites for hydroxylation is 1. The van der Waals surface area contributed by atoms with Gasteiger partial charge in [0.1, 0.15) is 6.61 Å². The molecule has 0 saturated heterocycles. The SMILES string of the molecule is CCN(C)C=Nc1c(C)cc(C(=O)OCc2cccc(C(F)(F)F)c2)c(C)c1C. The number of aliphatic imine (C=N–C) groups is 1. The van der Waals surface area contributed by atoms with Gasteiger partial charge in [0.2, 0.25) is 0 Å². The van der Waals surface area contributed by atoms with Crippen molar-refractivity contribution in [3.8, 4) is 0 Å². The molecule has 0 N–H and O–H groups in total. The molecule has 2 aromatic rings. The Labute approximate surface area is 169 Å². The van der Waals surface area contributed by atoms with Gasteiger partial charge >= 0.3 is 12.1 Å². The Morgan fingerprint density at radius 2 is 1.86 bits per heavy atom. The third kappa shape index (κ3) is 5.59. The first-order valence-corrected chi connectivity index (χ1v) is 9.23. The molecule has 4 nitrogen and oxygen atoms in total. The smallest absolute Gasteiger partial charge is 0.416 e. The van der Waals surface area contributed by atoms with Crippen LogP contribution in [0.25, 0.3) is 0 Å². The van der Waals surface area contributed by atoms with E-state index in [2.05, 4.69) is 4.99 Å². The van der Waals surface area contributed by atoms with Crippen LogP contribution in [0, 0.1) is 20.8 Å². The van der Waals surface area contributed by atoms with Crippen LogP contribution < -0.4 is 0 Å². The molecule has 0 amide bonds. The van der Waals surface area contributed by atoms with E-state index < -0.39 is 17.7 Å². The van der Waals surface area contributed by atoms with Crippen molar-refractivity contribution in [2.75, 3.05) is 13.6 Å². The van der Waals surface area contributed by atoms with Gasteiger partial charge in [-0.2, -0.15) is 13.2 Å². The van der Waals surface area contributed by atoms with Crippen LogP contribution in [0.1, 0.15) is 45.1 Å². The van der Waals surface area contributed by atoms with E-state index in [9.17, 15) is 18.0 Å². The highest BCUT2D eigenvalue weighted by Crippen LogP contribution is 2.31. The Balaban J connectivity index is 2.21. The first kappa shape index (κ1) is 22.5. The van der Waals surface area contributed by atoms with Crippen LogP contribution in [0.4, 0.5) is 18.9 Å². The van der Waals surface area contributed by atoms with Crippen LogP contribution in [-0.4, -0.2) is 30.8 Å². The lowest BCUT2D eigenvalue weighted by Crippen LogP contribution is -2.14. The normalized spacial score (nSPS) is 11.7. The van der Waals surface area contributed by atoms with Crippen LogP contribution in [0.5, 0.6) is 0 Å². The van der Waals surface area contributed by atoms with Crippen molar-refractivity contribution in [2.45, 2.75) is 40.5 Å². The summed E-state index contributed by atoms with van der Waals surface area (Å²) in [7, 11) is 1.92. The van der Waals surface area contributed by atoms with Crippen LogP contribution in [0.3, 0.4) is 0 Å². The van der Waals surface area contributed by atoms with E-state index in [-0.39, 0.29) is 12.2 Å². The van der Waals surface area contributed by atoms with E-state index >= 15 is 0 Å². The predicted octanol–water partition coefficient (Wildman–Crippen LogP) is 5.60. The Bertz CT molecular complexity index is 921. The average Bonchev–Trinajstić information content (AvgIpc) is 2.68. The first-order chi connectivity index (χ1) is 13.5. The topological polar surface area (TPSA) is 41.9 Å². The number of halogens is 3. The second kappa shape index (κ2) is 9.11. The lowest BCUT2D eigenvalue weighted by Gasteiger charge is -2.15. The summed E-state index contributed by atoms with van der Waals surface area (Å²) >= 11 is 0. The van der Waals surface area contributed by atoms with Crippen molar-refractivity contribution in [1.29, 1.82) is 0 Å². The minimum Gasteiger partial charge on any atom is -0.457 e. The Morgan fingerprint density at radius 3 is 2.48 bits per heavy atom. The summed E-state index contributed by atoms with van der Waals surface area (Å²) in [6, 6.07) is 6.46. The highest BCUT2D eigenvalue weighted by molar-refractivity contribution is 5.93. The first-order valence-electron chi connectivity index (χ1n) is 9.23. The van der Waals surface area contributed by atoms with Gasteiger partial charge in [-0.1, -0.05) is 12.1 Å². The van der Waals surface area contributed by atoms with E-state index in [0.29, 0.717) is 5.56 Å². The molecule has 0 atom stereocenters. The molecule has 0 heterocycles. The van der Waals surface area contributed by atoms with Crippen LogP contribution >= 0.6 is 0 Å². The lowest BCUT2D eigenvalue weighted by molar-refractivity contribution is -0.137. The quantitative estimate of drug-likeness (QED) is 0.356. The molecule has 0 saturated carbocycles. The summed E-state index contributed by atoms with van der Waals surface area (Å²) in [5.74, 6) is -0.577. The summed E-state index contributed by atoms with van der Waals surface area (Å²) in [6.07, 6.45) is -2.70. The molecule has 0 aliphatic carbocycles. The minimum atomic E-state index is -4.44. The van der Waals surface area contributed by atoms with Crippen LogP contribution in [0.15, 0.2) is 35.3 Å². The number of nitrogens with zero attached hydrogens (tertiary/aromatic N) is 2. The summed E-state index contributed by atoms with van der Waals surface area (Å²) < 4.78 is 43.7. The summed E-state index contributed by atoms with van der Waals surface area (Å²) in [6.45, 7) is 8.14. The van der Waals surface area contributed by atoms with Crippen molar-refractivity contribution >= 4 is 18.0 Å². The third-order valence-corrected chi connectivity index (χ3v) is 4.78. The number of carbonyl (C=O) groups is 1. The minimum absolute atomic E-state index is 0.235. The Hall–Kier alpha value is -2.83. The molecule has 2 aromatic carbocycles. The van der Waals surface area contributed by atoms with E-state index in [0.717, 1.165) is 41.1 Å². The number of carbonyl (C=O) groups excluding carboxylic acids is 1. The number of hydrogen-bond acceptors (Lipinski definition) is 3. The molecule has 2 rings (SSSR count). The second-order valence-corrected chi connectivity index (χ2v) is 6.93. The van der Waals surface area contributed by atoms with Gasteiger partial charge in [0.25, 0.3) is 0 Å². The van der Waals surface area contributed by atoms with Crippen molar-refractivity contribution in [1.82, 2.24) is 4.90 Å². The number of esters is 1. The molecule has 29 heavy (non-hydrogen) atoms. The third-order valence-electron chi connectivity index (χ3n) is 4.78. The van der Waals surface area contributed by atoms with Crippen molar-refractivity contribution < 1.29 is 22.7 Å². The number of benzene rings is 2. The molecule has 0 radical (unpaired) electrons. The predicted molar refractivity (Wildman–Crippen MR) is 108 cm³/mol. The summed E-state index contributed by atoms with van der Waals surface area (Å²) in [4.78, 5) is 19.0. The van der Waals surface area contributed by atoms with Gasteiger partial charge in [-0.3, -0.25) is 0 Å². The van der Waals surface area contributed by atoms with Gasteiger partial charge in [-0.05, 0) is 68.1 Å². The fourth-order valence-corrected chi connectivity index (χ4v) is 2.78. The van der Waals surface area contributed by atoms with Crippen molar-refractivity contribution in [3.63, 3.8) is 0 Å². The average molecular weight is 406 g/mol. The van der Waals surface area contributed by atoms with Gasteiger partial charge in [0, 0.05) is 13.6 Å². The monoisotopic (exact) mass is 406 g/mol. The van der Waals surface area contributed by atoms with Gasteiger partial charge in [0.15, 0.2) is 0 Å².